The average molecular weight is 215 g/mol. The maximum absolute atomic E-state index is 8.72. The van der Waals surface area contributed by atoms with E-state index in [-0.39, 0.29) is 6.61 Å². The molecule has 1 N–H and O–H groups in total. The summed E-state index contributed by atoms with van der Waals surface area (Å²) in [4.78, 5) is 2.46. The van der Waals surface area contributed by atoms with E-state index in [4.69, 9.17) is 5.11 Å². The van der Waals surface area contributed by atoms with E-state index in [1.165, 1.54) is 31.5 Å². The van der Waals surface area contributed by atoms with E-state index >= 15 is 0 Å². The molecule has 2 rings (SSSR count). The maximum Gasteiger partial charge on any atom is 0.104 e. The first-order valence-corrected chi connectivity index (χ1v) is 5.80. The Labute approximate surface area is 96.9 Å². The zero-order valence-electron chi connectivity index (χ0n) is 9.45. The van der Waals surface area contributed by atoms with Crippen molar-refractivity contribution in [1.29, 1.82) is 0 Å². The fourth-order valence-electron chi connectivity index (χ4n) is 2.10. The summed E-state index contributed by atoms with van der Waals surface area (Å²) in [7, 11) is 0. The standard InChI is InChI=1S/C14H17NO/c16-11-5-8-13-6-1-2-7-14(13)12-15-9-3-4-10-15/h1-2,6-7,16H,3-4,9-12H2. The van der Waals surface area contributed by atoms with Crippen molar-refractivity contribution in [2.75, 3.05) is 19.7 Å². The van der Waals surface area contributed by atoms with Gasteiger partial charge in [0.15, 0.2) is 0 Å². The lowest BCUT2D eigenvalue weighted by atomic mass is 10.1. The van der Waals surface area contributed by atoms with Crippen molar-refractivity contribution in [3.8, 4) is 11.8 Å². The van der Waals surface area contributed by atoms with Crippen LogP contribution in [0.15, 0.2) is 24.3 Å². The molecule has 1 fully saturated rings. The molecule has 1 aliphatic heterocycles. The highest BCUT2D eigenvalue weighted by Crippen LogP contribution is 2.15. The van der Waals surface area contributed by atoms with Crippen LogP contribution >= 0.6 is 0 Å². The summed E-state index contributed by atoms with van der Waals surface area (Å²) in [5.41, 5.74) is 2.31. The van der Waals surface area contributed by atoms with Gasteiger partial charge < -0.3 is 5.11 Å². The van der Waals surface area contributed by atoms with Gasteiger partial charge in [0, 0.05) is 12.1 Å². The quantitative estimate of drug-likeness (QED) is 0.758. The van der Waals surface area contributed by atoms with Crippen molar-refractivity contribution in [2.45, 2.75) is 19.4 Å². The minimum atomic E-state index is -0.0714. The van der Waals surface area contributed by atoms with Gasteiger partial charge in [-0.15, -0.1) is 0 Å². The monoisotopic (exact) mass is 215 g/mol. The molecular weight excluding hydrogens is 198 g/mol. The third-order valence-electron chi connectivity index (χ3n) is 2.91. The molecule has 1 aromatic carbocycles. The predicted octanol–water partition coefficient (Wildman–Crippen LogP) is 1.63. The van der Waals surface area contributed by atoms with Crippen LogP contribution in [0.5, 0.6) is 0 Å². The molecule has 0 radical (unpaired) electrons. The van der Waals surface area contributed by atoms with E-state index in [9.17, 15) is 0 Å². The van der Waals surface area contributed by atoms with E-state index in [1.54, 1.807) is 0 Å². The first kappa shape index (κ1) is 11.2. The predicted molar refractivity (Wildman–Crippen MR) is 64.9 cm³/mol. The number of nitrogens with zero attached hydrogens (tertiary/aromatic N) is 1. The topological polar surface area (TPSA) is 23.5 Å². The highest BCUT2D eigenvalue weighted by molar-refractivity contribution is 5.41. The molecule has 0 saturated carbocycles. The maximum atomic E-state index is 8.72. The zero-order chi connectivity index (χ0) is 11.2. The Morgan fingerprint density at radius 2 is 1.94 bits per heavy atom. The highest BCUT2D eigenvalue weighted by Gasteiger charge is 2.12. The third kappa shape index (κ3) is 2.85. The lowest BCUT2D eigenvalue weighted by Crippen LogP contribution is -2.18. The molecule has 16 heavy (non-hydrogen) atoms. The second-order valence-electron chi connectivity index (χ2n) is 4.10. The van der Waals surface area contributed by atoms with Gasteiger partial charge in [0.1, 0.15) is 6.61 Å². The van der Waals surface area contributed by atoms with Crippen molar-refractivity contribution in [3.05, 3.63) is 35.4 Å². The summed E-state index contributed by atoms with van der Waals surface area (Å²) in [5.74, 6) is 5.73. The highest BCUT2D eigenvalue weighted by atomic mass is 16.2. The largest absolute Gasteiger partial charge is 0.384 e. The third-order valence-corrected chi connectivity index (χ3v) is 2.91. The minimum Gasteiger partial charge on any atom is -0.384 e. The van der Waals surface area contributed by atoms with Crippen molar-refractivity contribution >= 4 is 0 Å². The fourth-order valence-corrected chi connectivity index (χ4v) is 2.10. The minimum absolute atomic E-state index is 0.0714. The van der Waals surface area contributed by atoms with Crippen LogP contribution in [0.2, 0.25) is 0 Å². The van der Waals surface area contributed by atoms with Crippen LogP contribution in [0, 0.1) is 11.8 Å². The van der Waals surface area contributed by atoms with Crippen molar-refractivity contribution < 1.29 is 5.11 Å². The first-order valence-electron chi connectivity index (χ1n) is 5.80. The van der Waals surface area contributed by atoms with Crippen LogP contribution in [-0.2, 0) is 6.54 Å². The smallest absolute Gasteiger partial charge is 0.104 e. The molecule has 1 aromatic rings. The van der Waals surface area contributed by atoms with E-state index < -0.39 is 0 Å². The van der Waals surface area contributed by atoms with Gasteiger partial charge in [-0.2, -0.15) is 0 Å². The van der Waals surface area contributed by atoms with Crippen molar-refractivity contribution in [3.63, 3.8) is 0 Å². The SMILES string of the molecule is OCC#Cc1ccccc1CN1CCCC1. The molecule has 1 saturated heterocycles. The second kappa shape index (κ2) is 5.69. The Kier molecular flexibility index (Phi) is 3.98. The second-order valence-corrected chi connectivity index (χ2v) is 4.10. The number of hydrogen-bond acceptors (Lipinski definition) is 2. The lowest BCUT2D eigenvalue weighted by Gasteiger charge is -2.15. The average Bonchev–Trinajstić information content (AvgIpc) is 2.81. The Bertz CT molecular complexity index is 397. The summed E-state index contributed by atoms with van der Waals surface area (Å²) < 4.78 is 0. The molecule has 0 unspecified atom stereocenters. The van der Waals surface area contributed by atoms with E-state index in [0.29, 0.717) is 0 Å². The summed E-state index contributed by atoms with van der Waals surface area (Å²) in [6, 6.07) is 8.19. The van der Waals surface area contributed by atoms with Gasteiger partial charge in [-0.3, -0.25) is 4.90 Å². The molecule has 2 nitrogen and oxygen atoms in total. The summed E-state index contributed by atoms with van der Waals surface area (Å²) in [5, 5.41) is 8.72. The van der Waals surface area contributed by atoms with Crippen molar-refractivity contribution in [1.82, 2.24) is 4.90 Å². The number of aliphatic hydroxyl groups is 1. The van der Waals surface area contributed by atoms with Crippen LogP contribution in [0.1, 0.15) is 24.0 Å². The lowest BCUT2D eigenvalue weighted by molar-refractivity contribution is 0.331. The molecular formula is C14H17NO. The van der Waals surface area contributed by atoms with Gasteiger partial charge in [0.25, 0.3) is 0 Å². The number of benzene rings is 1. The van der Waals surface area contributed by atoms with E-state index in [0.717, 1.165) is 12.1 Å². The molecule has 0 aromatic heterocycles. The van der Waals surface area contributed by atoms with Gasteiger partial charge in [0.2, 0.25) is 0 Å². The molecule has 0 spiro atoms. The van der Waals surface area contributed by atoms with Gasteiger partial charge in [0.05, 0.1) is 0 Å². The summed E-state index contributed by atoms with van der Waals surface area (Å²) in [6.07, 6.45) is 2.62. The number of hydrogen-bond donors (Lipinski definition) is 1. The normalized spacial score (nSPS) is 15.8. The number of rotatable bonds is 2. The van der Waals surface area contributed by atoms with Crippen LogP contribution in [0.4, 0.5) is 0 Å². The molecule has 2 heteroatoms. The molecule has 0 amide bonds. The van der Waals surface area contributed by atoms with Gasteiger partial charge in [-0.1, -0.05) is 30.0 Å². The molecule has 1 heterocycles. The Hall–Kier alpha value is -1.30. The van der Waals surface area contributed by atoms with E-state index in [2.05, 4.69) is 28.9 Å². The molecule has 0 atom stereocenters. The van der Waals surface area contributed by atoms with Gasteiger partial charge in [-0.25, -0.2) is 0 Å². The van der Waals surface area contributed by atoms with Crippen molar-refractivity contribution in [2.24, 2.45) is 0 Å². The fraction of sp³-hybridized carbons (Fsp3) is 0.429. The Morgan fingerprint density at radius 1 is 1.19 bits per heavy atom. The number of aliphatic hydroxyl groups excluding tert-OH is 1. The molecule has 0 bridgehead atoms. The first-order chi connectivity index (χ1) is 7.90. The van der Waals surface area contributed by atoms with Crippen LogP contribution in [0.25, 0.3) is 0 Å². The van der Waals surface area contributed by atoms with Crippen LogP contribution < -0.4 is 0 Å². The van der Waals surface area contributed by atoms with E-state index in [1.807, 2.05) is 12.1 Å². The van der Waals surface area contributed by atoms with Gasteiger partial charge >= 0.3 is 0 Å². The van der Waals surface area contributed by atoms with Crippen LogP contribution in [-0.4, -0.2) is 29.7 Å². The summed E-state index contributed by atoms with van der Waals surface area (Å²) >= 11 is 0. The number of likely N-dealkylation sites (tertiary alicyclic amines) is 1. The molecule has 1 aliphatic rings. The Morgan fingerprint density at radius 3 is 2.69 bits per heavy atom. The molecule has 0 aliphatic carbocycles. The Balaban J connectivity index is 2.12. The van der Waals surface area contributed by atoms with Gasteiger partial charge in [-0.05, 0) is 37.6 Å². The zero-order valence-corrected chi connectivity index (χ0v) is 9.45. The molecule has 84 valence electrons. The summed E-state index contributed by atoms with van der Waals surface area (Å²) in [6.45, 7) is 3.30. The van der Waals surface area contributed by atoms with Crippen LogP contribution in [0.3, 0.4) is 0 Å².